The Morgan fingerprint density at radius 3 is 2.93 bits per heavy atom. The first-order valence-corrected chi connectivity index (χ1v) is 11.2. The minimum absolute atomic E-state index is 0.186. The maximum absolute atomic E-state index is 12.8. The van der Waals surface area contributed by atoms with Gasteiger partial charge in [-0.05, 0) is 56.0 Å². The van der Waals surface area contributed by atoms with Crippen LogP contribution in [0.2, 0.25) is 0 Å². The molecule has 144 valence electrons. The summed E-state index contributed by atoms with van der Waals surface area (Å²) in [7, 11) is 0. The third-order valence-corrected chi connectivity index (χ3v) is 7.64. The molecule has 0 saturated carbocycles. The van der Waals surface area contributed by atoms with Gasteiger partial charge < -0.3 is 10.3 Å². The Kier molecular flexibility index (Phi) is 5.19. The summed E-state index contributed by atoms with van der Waals surface area (Å²) in [6.07, 6.45) is 4.83. The Labute approximate surface area is 174 Å². The zero-order valence-electron chi connectivity index (χ0n) is 15.3. The molecule has 0 bridgehead atoms. The van der Waals surface area contributed by atoms with E-state index in [0.29, 0.717) is 16.0 Å². The van der Waals surface area contributed by atoms with Gasteiger partial charge in [-0.1, -0.05) is 6.92 Å². The number of aromatic amines is 1. The average Bonchev–Trinajstić information content (AvgIpc) is 3.25. The fraction of sp³-hybridized carbons (Fsp3) is 0.368. The zero-order valence-corrected chi connectivity index (χ0v) is 17.7. The summed E-state index contributed by atoms with van der Waals surface area (Å²) in [6, 6.07) is 4.08. The van der Waals surface area contributed by atoms with Crippen LogP contribution in [0.4, 0.5) is 5.00 Å². The van der Waals surface area contributed by atoms with Crippen molar-refractivity contribution in [3.63, 3.8) is 0 Å². The lowest BCUT2D eigenvalue weighted by molar-refractivity contribution is -0.116. The average molecular weight is 431 g/mol. The highest BCUT2D eigenvalue weighted by atomic mass is 32.1. The number of carbonyl (C=O) groups excluding carboxylic acids is 1. The molecule has 0 spiro atoms. The molecule has 1 aliphatic carbocycles. The molecular weight excluding hydrogens is 412 g/mol. The number of thiophene rings is 2. The number of hydrogen-bond acceptors (Lipinski definition) is 6. The molecule has 9 heteroatoms. The van der Waals surface area contributed by atoms with E-state index in [-0.39, 0.29) is 22.8 Å². The Morgan fingerprint density at radius 1 is 1.39 bits per heavy atom. The lowest BCUT2D eigenvalue weighted by Gasteiger charge is -2.09. The van der Waals surface area contributed by atoms with Gasteiger partial charge in [-0.15, -0.1) is 22.7 Å². The van der Waals surface area contributed by atoms with Crippen LogP contribution in [-0.2, 0) is 30.6 Å². The SMILES string of the molecule is CCc1cc2c(=O)n(CC(=O)Nc3sc4c(c3C#N)CCCC4)c(=S)[nH]c2s1. The van der Waals surface area contributed by atoms with E-state index < -0.39 is 0 Å². The molecule has 0 aliphatic heterocycles. The van der Waals surface area contributed by atoms with Gasteiger partial charge in [0.05, 0.1) is 10.9 Å². The molecule has 2 N–H and O–H groups in total. The summed E-state index contributed by atoms with van der Waals surface area (Å²) in [6.45, 7) is 1.84. The van der Waals surface area contributed by atoms with E-state index in [2.05, 4.69) is 16.4 Å². The molecule has 0 radical (unpaired) electrons. The molecule has 1 aliphatic rings. The highest BCUT2D eigenvalue weighted by Gasteiger charge is 2.22. The summed E-state index contributed by atoms with van der Waals surface area (Å²) < 4.78 is 1.50. The fourth-order valence-corrected chi connectivity index (χ4v) is 6.05. The number of nitrogens with one attached hydrogen (secondary N) is 2. The third-order valence-electron chi connectivity index (χ3n) is 4.91. The number of carbonyl (C=O) groups is 1. The largest absolute Gasteiger partial charge is 0.323 e. The summed E-state index contributed by atoms with van der Waals surface area (Å²) in [5, 5.41) is 13.5. The van der Waals surface area contributed by atoms with E-state index in [1.165, 1.54) is 32.1 Å². The van der Waals surface area contributed by atoms with Gasteiger partial charge >= 0.3 is 0 Å². The normalized spacial score (nSPS) is 13.3. The first-order chi connectivity index (χ1) is 13.5. The number of nitriles is 1. The number of hydrogen-bond donors (Lipinski definition) is 2. The monoisotopic (exact) mass is 430 g/mol. The molecule has 6 nitrogen and oxygen atoms in total. The van der Waals surface area contributed by atoms with Crippen LogP contribution in [0, 0.1) is 16.1 Å². The van der Waals surface area contributed by atoms with Crippen molar-refractivity contribution >= 4 is 56.0 Å². The molecule has 3 heterocycles. The van der Waals surface area contributed by atoms with E-state index in [1.54, 1.807) is 0 Å². The van der Waals surface area contributed by atoms with Crippen LogP contribution in [0.25, 0.3) is 10.2 Å². The minimum Gasteiger partial charge on any atom is -0.323 e. The molecule has 3 aromatic heterocycles. The first kappa shape index (κ1) is 19.1. The highest BCUT2D eigenvalue weighted by Crippen LogP contribution is 2.37. The Balaban J connectivity index is 1.63. The number of H-pyrrole nitrogens is 1. The van der Waals surface area contributed by atoms with Crippen LogP contribution in [0.3, 0.4) is 0 Å². The van der Waals surface area contributed by atoms with E-state index in [4.69, 9.17) is 12.2 Å². The number of anilines is 1. The molecular formula is C19H18N4O2S3. The molecule has 0 saturated heterocycles. The van der Waals surface area contributed by atoms with Crippen molar-refractivity contribution in [1.29, 1.82) is 5.26 Å². The fourth-order valence-electron chi connectivity index (χ4n) is 3.50. The predicted octanol–water partition coefficient (Wildman–Crippen LogP) is 4.13. The number of amides is 1. The molecule has 0 unspecified atom stereocenters. The van der Waals surface area contributed by atoms with Gasteiger partial charge in [0.15, 0.2) is 4.77 Å². The van der Waals surface area contributed by atoms with Gasteiger partial charge in [-0.3, -0.25) is 14.2 Å². The van der Waals surface area contributed by atoms with Crippen LogP contribution in [0.5, 0.6) is 0 Å². The molecule has 3 aromatic rings. The van der Waals surface area contributed by atoms with Crippen molar-refractivity contribution in [2.45, 2.75) is 45.6 Å². The number of fused-ring (bicyclic) bond motifs is 2. The van der Waals surface area contributed by atoms with E-state index in [0.717, 1.165) is 47.4 Å². The van der Waals surface area contributed by atoms with Crippen molar-refractivity contribution in [3.8, 4) is 6.07 Å². The Morgan fingerprint density at radius 2 is 2.18 bits per heavy atom. The maximum Gasteiger partial charge on any atom is 0.263 e. The van der Waals surface area contributed by atoms with Crippen LogP contribution in [0.1, 0.15) is 40.6 Å². The minimum atomic E-state index is -0.359. The van der Waals surface area contributed by atoms with Crippen LogP contribution >= 0.6 is 34.9 Å². The lowest BCUT2D eigenvalue weighted by atomic mass is 9.96. The van der Waals surface area contributed by atoms with E-state index in [9.17, 15) is 14.9 Å². The summed E-state index contributed by atoms with van der Waals surface area (Å²) >= 11 is 8.27. The zero-order chi connectivity index (χ0) is 19.8. The van der Waals surface area contributed by atoms with Crippen molar-refractivity contribution < 1.29 is 4.79 Å². The summed E-state index contributed by atoms with van der Waals surface area (Å²) in [5.41, 5.74) is 1.36. The Bertz CT molecular complexity index is 1240. The maximum atomic E-state index is 12.8. The van der Waals surface area contributed by atoms with Crippen molar-refractivity contribution in [2.24, 2.45) is 0 Å². The second kappa shape index (κ2) is 7.62. The molecule has 28 heavy (non-hydrogen) atoms. The summed E-state index contributed by atoms with van der Waals surface area (Å²) in [5.74, 6) is -0.359. The van der Waals surface area contributed by atoms with Crippen LogP contribution in [0.15, 0.2) is 10.9 Å². The highest BCUT2D eigenvalue weighted by molar-refractivity contribution is 7.71. The molecule has 0 fully saturated rings. The predicted molar refractivity (Wildman–Crippen MR) is 115 cm³/mol. The molecule has 4 rings (SSSR count). The standard InChI is InChI=1S/C19H18N4O2S3/c1-2-10-7-12-16(27-10)22-19(26)23(18(12)25)9-15(24)21-17-13(8-20)11-5-3-4-6-14(11)28-17/h7H,2-6,9H2,1H3,(H,21,24)(H,22,26). The first-order valence-electron chi connectivity index (χ1n) is 9.11. The summed E-state index contributed by atoms with van der Waals surface area (Å²) in [4.78, 5) is 31.5. The van der Waals surface area contributed by atoms with Gasteiger partial charge in [0.1, 0.15) is 22.4 Å². The Hall–Kier alpha value is -2.28. The second-order valence-corrected chi connectivity index (χ2v) is 9.33. The van der Waals surface area contributed by atoms with Gasteiger partial charge in [0.2, 0.25) is 5.91 Å². The quantitative estimate of drug-likeness (QED) is 0.609. The molecule has 0 atom stereocenters. The number of nitrogens with zero attached hydrogens (tertiary/aromatic N) is 2. The van der Waals surface area contributed by atoms with Crippen molar-refractivity contribution in [2.75, 3.05) is 5.32 Å². The van der Waals surface area contributed by atoms with Gasteiger partial charge in [0, 0.05) is 9.75 Å². The van der Waals surface area contributed by atoms with Crippen LogP contribution in [-0.4, -0.2) is 15.5 Å². The number of rotatable bonds is 4. The third kappa shape index (κ3) is 3.32. The van der Waals surface area contributed by atoms with Gasteiger partial charge in [-0.25, -0.2) is 0 Å². The van der Waals surface area contributed by atoms with Gasteiger partial charge in [0.25, 0.3) is 5.56 Å². The molecule has 0 aromatic carbocycles. The molecule has 1 amide bonds. The van der Waals surface area contributed by atoms with Gasteiger partial charge in [-0.2, -0.15) is 5.26 Å². The van der Waals surface area contributed by atoms with Crippen LogP contribution < -0.4 is 10.9 Å². The van der Waals surface area contributed by atoms with E-state index >= 15 is 0 Å². The smallest absolute Gasteiger partial charge is 0.263 e. The topological polar surface area (TPSA) is 90.7 Å². The number of aromatic nitrogens is 2. The van der Waals surface area contributed by atoms with Crippen molar-refractivity contribution in [3.05, 3.63) is 42.1 Å². The lowest BCUT2D eigenvalue weighted by Crippen LogP contribution is -2.28. The second-order valence-electron chi connectivity index (χ2n) is 6.71. The van der Waals surface area contributed by atoms with Crippen molar-refractivity contribution in [1.82, 2.24) is 9.55 Å². The van der Waals surface area contributed by atoms with E-state index in [1.807, 2.05) is 13.0 Å². The number of aryl methyl sites for hydroxylation is 2.